The first-order valence-electron chi connectivity index (χ1n) is 4.68. The predicted octanol–water partition coefficient (Wildman–Crippen LogP) is 0.493. The summed E-state index contributed by atoms with van der Waals surface area (Å²) in [5, 5.41) is 0. The minimum atomic E-state index is -0.858. The molecule has 1 aliphatic rings. The van der Waals surface area contributed by atoms with Crippen LogP contribution in [0.4, 0.5) is 0 Å². The summed E-state index contributed by atoms with van der Waals surface area (Å²) in [5.41, 5.74) is 0. The molecule has 0 aromatic rings. The quantitative estimate of drug-likeness (QED) is 0.387. The van der Waals surface area contributed by atoms with Crippen molar-refractivity contribution in [1.82, 2.24) is 0 Å². The second-order valence-electron chi connectivity index (χ2n) is 2.82. The third-order valence-corrected chi connectivity index (χ3v) is 1.67. The summed E-state index contributed by atoms with van der Waals surface area (Å²) in [4.78, 5) is 29.9. The molecule has 0 saturated heterocycles. The van der Waals surface area contributed by atoms with Crippen molar-refractivity contribution >= 4 is 11.9 Å². The van der Waals surface area contributed by atoms with Gasteiger partial charge in [0.1, 0.15) is 6.10 Å². The summed E-state index contributed by atoms with van der Waals surface area (Å²) < 4.78 is 10.1. The molecular formula is C10H12O6. The van der Waals surface area contributed by atoms with E-state index >= 15 is 0 Å². The molecule has 0 bridgehead atoms. The number of ether oxygens (including phenoxy) is 2. The Kier molecular flexibility index (Phi) is 4.53. The van der Waals surface area contributed by atoms with Gasteiger partial charge in [-0.3, -0.25) is 0 Å². The Morgan fingerprint density at radius 1 is 1.56 bits per heavy atom. The van der Waals surface area contributed by atoms with E-state index in [0.29, 0.717) is 13.2 Å². The first-order valence-corrected chi connectivity index (χ1v) is 4.68. The van der Waals surface area contributed by atoms with Crippen LogP contribution < -0.4 is 0 Å². The van der Waals surface area contributed by atoms with Crippen LogP contribution in [0.15, 0.2) is 24.5 Å². The van der Waals surface area contributed by atoms with Gasteiger partial charge in [0.25, 0.3) is 0 Å². The molecule has 1 heterocycles. The Bertz CT molecular complexity index is 319. The van der Waals surface area contributed by atoms with E-state index in [0.717, 1.165) is 6.08 Å². The highest BCUT2D eigenvalue weighted by Crippen LogP contribution is 2.18. The number of hydrogen-bond donors (Lipinski definition) is 0. The Morgan fingerprint density at radius 3 is 2.81 bits per heavy atom. The van der Waals surface area contributed by atoms with E-state index in [1.54, 1.807) is 0 Å². The van der Waals surface area contributed by atoms with Crippen molar-refractivity contribution in [3.05, 3.63) is 24.5 Å². The van der Waals surface area contributed by atoms with Crippen molar-refractivity contribution in [2.45, 2.75) is 13.0 Å². The second-order valence-corrected chi connectivity index (χ2v) is 2.82. The zero-order valence-corrected chi connectivity index (χ0v) is 8.80. The van der Waals surface area contributed by atoms with E-state index in [4.69, 9.17) is 9.47 Å². The van der Waals surface area contributed by atoms with E-state index in [9.17, 15) is 9.59 Å². The van der Waals surface area contributed by atoms with Crippen LogP contribution >= 0.6 is 0 Å². The molecule has 1 unspecified atom stereocenters. The maximum Gasteiger partial charge on any atom is 0.420 e. The lowest BCUT2D eigenvalue weighted by Crippen LogP contribution is -2.30. The topological polar surface area (TPSA) is 71.1 Å². The van der Waals surface area contributed by atoms with Gasteiger partial charge in [0, 0.05) is 18.8 Å². The van der Waals surface area contributed by atoms with Crippen LogP contribution in [-0.4, -0.2) is 31.3 Å². The third kappa shape index (κ3) is 3.39. The monoisotopic (exact) mass is 228 g/mol. The Hall–Kier alpha value is -1.82. The Labute approximate surface area is 92.3 Å². The summed E-state index contributed by atoms with van der Waals surface area (Å²) in [6.07, 6.45) is 2.15. The molecule has 0 amide bonds. The smallest absolute Gasteiger partial charge is 0.420 e. The Morgan fingerprint density at radius 2 is 2.25 bits per heavy atom. The van der Waals surface area contributed by atoms with Crippen molar-refractivity contribution in [2.75, 3.05) is 13.2 Å². The lowest BCUT2D eigenvalue weighted by molar-refractivity contribution is -0.255. The normalized spacial score (nSPS) is 17.6. The van der Waals surface area contributed by atoms with Gasteiger partial charge in [-0.1, -0.05) is 6.58 Å². The molecule has 0 aromatic carbocycles. The molecule has 0 N–H and O–H groups in total. The maximum absolute atomic E-state index is 11.1. The summed E-state index contributed by atoms with van der Waals surface area (Å²) in [7, 11) is 0. The van der Waals surface area contributed by atoms with Crippen molar-refractivity contribution in [3.8, 4) is 0 Å². The molecule has 0 fully saturated rings. The van der Waals surface area contributed by atoms with Gasteiger partial charge >= 0.3 is 11.9 Å². The molecule has 0 radical (unpaired) electrons. The van der Waals surface area contributed by atoms with Crippen LogP contribution in [0.5, 0.6) is 0 Å². The molecule has 6 heteroatoms. The molecule has 0 aliphatic carbocycles. The number of carbonyl (C=O) groups is 2. The highest BCUT2D eigenvalue weighted by molar-refractivity contribution is 5.88. The molecule has 88 valence electrons. The van der Waals surface area contributed by atoms with Gasteiger partial charge in [0.05, 0.1) is 6.61 Å². The molecule has 0 saturated carbocycles. The Balaban J connectivity index is 2.25. The summed E-state index contributed by atoms with van der Waals surface area (Å²) in [6.45, 7) is 5.94. The molecular weight excluding hydrogens is 216 g/mol. The van der Waals surface area contributed by atoms with Crippen molar-refractivity contribution < 1.29 is 28.8 Å². The van der Waals surface area contributed by atoms with E-state index in [1.165, 1.54) is 6.08 Å². The SMILES string of the molecule is C=CC(=O)OOC(=O)C1=CC(COCC)O1. The minimum absolute atomic E-state index is 0.00145. The van der Waals surface area contributed by atoms with Crippen molar-refractivity contribution in [1.29, 1.82) is 0 Å². The average Bonchev–Trinajstić information content (AvgIpc) is 2.23. The largest absolute Gasteiger partial charge is 0.476 e. The standard InChI is InChI=1S/C10H12O6/c1-3-9(11)15-16-10(12)8-5-7(14-8)6-13-4-2/h3,5,7H,1,4,6H2,2H3. The van der Waals surface area contributed by atoms with Crippen molar-refractivity contribution in [3.63, 3.8) is 0 Å². The maximum atomic E-state index is 11.1. The van der Waals surface area contributed by atoms with Gasteiger partial charge in [-0.15, -0.1) is 0 Å². The first-order chi connectivity index (χ1) is 7.67. The van der Waals surface area contributed by atoms with E-state index in [1.807, 2.05) is 6.92 Å². The molecule has 1 aliphatic heterocycles. The van der Waals surface area contributed by atoms with Crippen LogP contribution in [0.25, 0.3) is 0 Å². The third-order valence-electron chi connectivity index (χ3n) is 1.67. The van der Waals surface area contributed by atoms with Crippen LogP contribution in [0.3, 0.4) is 0 Å². The highest BCUT2D eigenvalue weighted by Gasteiger charge is 2.28. The van der Waals surface area contributed by atoms with Gasteiger partial charge in [0.15, 0.2) is 0 Å². The van der Waals surface area contributed by atoms with E-state index in [-0.39, 0.29) is 11.9 Å². The molecule has 0 aromatic heterocycles. The number of hydrogen-bond acceptors (Lipinski definition) is 6. The summed E-state index contributed by atoms with van der Waals surface area (Å²) in [6, 6.07) is 0. The van der Waals surface area contributed by atoms with Crippen LogP contribution in [0, 0.1) is 0 Å². The summed E-state index contributed by atoms with van der Waals surface area (Å²) in [5.74, 6) is -1.70. The van der Waals surface area contributed by atoms with Gasteiger partial charge in [-0.2, -0.15) is 0 Å². The number of carbonyl (C=O) groups excluding carboxylic acids is 2. The van der Waals surface area contributed by atoms with Gasteiger partial charge in [-0.25, -0.2) is 19.4 Å². The fourth-order valence-electron chi connectivity index (χ4n) is 0.919. The van der Waals surface area contributed by atoms with Crippen LogP contribution in [0.2, 0.25) is 0 Å². The molecule has 16 heavy (non-hydrogen) atoms. The van der Waals surface area contributed by atoms with Crippen molar-refractivity contribution in [2.24, 2.45) is 0 Å². The highest BCUT2D eigenvalue weighted by atomic mass is 17.2. The number of rotatable bonds is 5. The summed E-state index contributed by atoms with van der Waals surface area (Å²) >= 11 is 0. The van der Waals surface area contributed by atoms with Crippen LogP contribution in [-0.2, 0) is 28.8 Å². The predicted molar refractivity (Wildman–Crippen MR) is 51.8 cm³/mol. The molecule has 6 nitrogen and oxygen atoms in total. The lowest BCUT2D eigenvalue weighted by Gasteiger charge is -2.24. The van der Waals surface area contributed by atoms with Gasteiger partial charge in [-0.05, 0) is 6.92 Å². The second kappa shape index (κ2) is 5.92. The first kappa shape index (κ1) is 12.3. The van der Waals surface area contributed by atoms with E-state index in [2.05, 4.69) is 16.4 Å². The van der Waals surface area contributed by atoms with Gasteiger partial charge in [0.2, 0.25) is 5.76 Å². The van der Waals surface area contributed by atoms with E-state index < -0.39 is 11.9 Å². The zero-order valence-electron chi connectivity index (χ0n) is 8.80. The van der Waals surface area contributed by atoms with Gasteiger partial charge < -0.3 is 9.47 Å². The molecule has 0 spiro atoms. The molecule has 1 rings (SSSR count). The fourth-order valence-corrected chi connectivity index (χ4v) is 0.919. The molecule has 1 atom stereocenters. The minimum Gasteiger partial charge on any atom is -0.476 e. The average molecular weight is 228 g/mol. The van der Waals surface area contributed by atoms with Crippen LogP contribution in [0.1, 0.15) is 6.92 Å². The lowest BCUT2D eigenvalue weighted by atomic mass is 10.2. The zero-order chi connectivity index (χ0) is 12.0. The fraction of sp³-hybridized carbons (Fsp3) is 0.400.